The Morgan fingerprint density at radius 1 is 1.44 bits per heavy atom. The van der Waals surface area contributed by atoms with Crippen LogP contribution in [-0.4, -0.2) is 25.6 Å². The maximum absolute atomic E-state index is 11.9. The number of nitrogens with one attached hydrogen (secondary N) is 2. The van der Waals surface area contributed by atoms with Crippen molar-refractivity contribution in [2.45, 2.75) is 13.8 Å². The summed E-state index contributed by atoms with van der Waals surface area (Å²) in [5.74, 6) is 1.36. The maximum atomic E-state index is 11.9. The highest BCUT2D eigenvalue weighted by atomic mass is 16.5. The zero-order valence-corrected chi connectivity index (χ0v) is 10.9. The van der Waals surface area contributed by atoms with Crippen LogP contribution in [0.15, 0.2) is 24.3 Å². The number of benzene rings is 1. The van der Waals surface area contributed by atoms with Crippen molar-refractivity contribution in [1.29, 1.82) is 0 Å². The van der Waals surface area contributed by atoms with Crippen LogP contribution >= 0.6 is 0 Å². The second-order valence-electron chi connectivity index (χ2n) is 5.05. The molecule has 2 N–H and O–H groups in total. The molecule has 0 saturated carbocycles. The quantitative estimate of drug-likeness (QED) is 0.836. The molecule has 1 fully saturated rings. The van der Waals surface area contributed by atoms with Crippen molar-refractivity contribution in [3.63, 3.8) is 0 Å². The summed E-state index contributed by atoms with van der Waals surface area (Å²) in [6.45, 7) is 6.38. The minimum atomic E-state index is 0.0642. The number of rotatable bonds is 5. The van der Waals surface area contributed by atoms with Crippen molar-refractivity contribution in [3.8, 4) is 5.75 Å². The molecule has 2 rings (SSSR count). The standard InChI is InChI=1S/C14H20N2O2/c1-10(2)9-18-13-6-4-3-5-12(13)16-14(17)11-7-15-8-11/h3-6,10-11,15H,7-9H2,1-2H3,(H,16,17). The van der Waals surface area contributed by atoms with Crippen molar-refractivity contribution in [3.05, 3.63) is 24.3 Å². The molecule has 1 amide bonds. The molecule has 1 aromatic carbocycles. The summed E-state index contributed by atoms with van der Waals surface area (Å²) >= 11 is 0. The number of carbonyl (C=O) groups is 1. The molecule has 1 saturated heterocycles. The van der Waals surface area contributed by atoms with E-state index in [1.165, 1.54) is 0 Å². The Labute approximate surface area is 108 Å². The average molecular weight is 248 g/mol. The van der Waals surface area contributed by atoms with Crippen molar-refractivity contribution in [1.82, 2.24) is 5.32 Å². The van der Waals surface area contributed by atoms with Gasteiger partial charge >= 0.3 is 0 Å². The van der Waals surface area contributed by atoms with E-state index in [-0.39, 0.29) is 11.8 Å². The fourth-order valence-electron chi connectivity index (χ4n) is 1.66. The topological polar surface area (TPSA) is 50.4 Å². The number of para-hydroxylation sites is 2. The van der Waals surface area contributed by atoms with Gasteiger partial charge in [-0.1, -0.05) is 26.0 Å². The normalized spacial score (nSPS) is 15.3. The lowest BCUT2D eigenvalue weighted by molar-refractivity contribution is -0.121. The van der Waals surface area contributed by atoms with Crippen LogP contribution < -0.4 is 15.4 Å². The van der Waals surface area contributed by atoms with E-state index in [0.29, 0.717) is 12.5 Å². The number of anilines is 1. The third-order valence-corrected chi connectivity index (χ3v) is 2.87. The molecule has 0 unspecified atom stereocenters. The Balaban J connectivity index is 1.99. The molecule has 0 aromatic heterocycles. The third kappa shape index (κ3) is 3.23. The minimum absolute atomic E-state index is 0.0642. The lowest BCUT2D eigenvalue weighted by Crippen LogP contribution is -2.48. The smallest absolute Gasteiger partial charge is 0.230 e. The summed E-state index contributed by atoms with van der Waals surface area (Å²) in [5.41, 5.74) is 0.759. The van der Waals surface area contributed by atoms with Crippen molar-refractivity contribution in [2.24, 2.45) is 11.8 Å². The van der Waals surface area contributed by atoms with E-state index >= 15 is 0 Å². The highest BCUT2D eigenvalue weighted by Gasteiger charge is 2.25. The van der Waals surface area contributed by atoms with E-state index in [9.17, 15) is 4.79 Å². The van der Waals surface area contributed by atoms with Crippen LogP contribution in [0.5, 0.6) is 5.75 Å². The van der Waals surface area contributed by atoms with E-state index < -0.39 is 0 Å². The van der Waals surface area contributed by atoms with Gasteiger partial charge in [-0.3, -0.25) is 4.79 Å². The molecule has 0 radical (unpaired) electrons. The van der Waals surface area contributed by atoms with Gasteiger partial charge in [0.2, 0.25) is 5.91 Å². The molecule has 4 nitrogen and oxygen atoms in total. The summed E-state index contributed by atoms with van der Waals surface area (Å²) < 4.78 is 5.70. The predicted molar refractivity (Wildman–Crippen MR) is 71.8 cm³/mol. The minimum Gasteiger partial charge on any atom is -0.491 e. The highest BCUT2D eigenvalue weighted by Crippen LogP contribution is 2.25. The van der Waals surface area contributed by atoms with Gasteiger partial charge in [0, 0.05) is 13.1 Å². The molecule has 1 aromatic rings. The SMILES string of the molecule is CC(C)COc1ccccc1NC(=O)C1CNC1. The first-order valence-corrected chi connectivity index (χ1v) is 6.40. The van der Waals surface area contributed by atoms with Crippen molar-refractivity contribution >= 4 is 11.6 Å². The van der Waals surface area contributed by atoms with E-state index in [1.54, 1.807) is 0 Å². The Morgan fingerprint density at radius 3 is 2.78 bits per heavy atom. The Bertz CT molecular complexity index is 414. The first kappa shape index (κ1) is 12.9. The molecule has 4 heteroatoms. The van der Waals surface area contributed by atoms with Gasteiger partial charge in [-0.25, -0.2) is 0 Å². The lowest BCUT2D eigenvalue weighted by atomic mass is 10.0. The second-order valence-corrected chi connectivity index (χ2v) is 5.05. The van der Waals surface area contributed by atoms with Gasteiger partial charge in [-0.15, -0.1) is 0 Å². The van der Waals surface area contributed by atoms with Crippen LogP contribution in [0.3, 0.4) is 0 Å². The fraction of sp³-hybridized carbons (Fsp3) is 0.500. The molecule has 0 aliphatic carbocycles. The summed E-state index contributed by atoms with van der Waals surface area (Å²) in [6, 6.07) is 7.57. The number of hydrogen-bond acceptors (Lipinski definition) is 3. The van der Waals surface area contributed by atoms with Gasteiger partial charge in [0.25, 0.3) is 0 Å². The van der Waals surface area contributed by atoms with Crippen LogP contribution in [0, 0.1) is 11.8 Å². The van der Waals surface area contributed by atoms with Gasteiger partial charge < -0.3 is 15.4 Å². The summed E-state index contributed by atoms with van der Waals surface area (Å²) in [7, 11) is 0. The highest BCUT2D eigenvalue weighted by molar-refractivity contribution is 5.94. The van der Waals surface area contributed by atoms with E-state index in [2.05, 4.69) is 24.5 Å². The lowest BCUT2D eigenvalue weighted by Gasteiger charge is -2.26. The zero-order valence-electron chi connectivity index (χ0n) is 10.9. The van der Waals surface area contributed by atoms with Gasteiger partial charge in [0.05, 0.1) is 18.2 Å². The van der Waals surface area contributed by atoms with E-state index in [1.807, 2.05) is 24.3 Å². The molecule has 98 valence electrons. The molecule has 18 heavy (non-hydrogen) atoms. The van der Waals surface area contributed by atoms with Crippen molar-refractivity contribution in [2.75, 3.05) is 25.0 Å². The largest absolute Gasteiger partial charge is 0.491 e. The van der Waals surface area contributed by atoms with Gasteiger partial charge in [0.1, 0.15) is 5.75 Å². The third-order valence-electron chi connectivity index (χ3n) is 2.87. The molecule has 1 heterocycles. The molecular weight excluding hydrogens is 228 g/mol. The average Bonchev–Trinajstić information content (AvgIpc) is 2.25. The van der Waals surface area contributed by atoms with Crippen LogP contribution in [0.1, 0.15) is 13.8 Å². The summed E-state index contributed by atoms with van der Waals surface area (Å²) in [6.07, 6.45) is 0. The molecular formula is C14H20N2O2. The fourth-order valence-corrected chi connectivity index (χ4v) is 1.66. The predicted octanol–water partition coefficient (Wildman–Crippen LogP) is 1.88. The molecule has 1 aliphatic rings. The summed E-state index contributed by atoms with van der Waals surface area (Å²) in [4.78, 5) is 11.9. The van der Waals surface area contributed by atoms with Crippen molar-refractivity contribution < 1.29 is 9.53 Å². The van der Waals surface area contributed by atoms with E-state index in [4.69, 9.17) is 4.74 Å². The zero-order chi connectivity index (χ0) is 13.0. The van der Waals surface area contributed by atoms with Crippen LogP contribution in [0.25, 0.3) is 0 Å². The van der Waals surface area contributed by atoms with Crippen LogP contribution in [0.4, 0.5) is 5.69 Å². The Hall–Kier alpha value is -1.55. The second kappa shape index (κ2) is 5.87. The van der Waals surface area contributed by atoms with Crippen LogP contribution in [-0.2, 0) is 4.79 Å². The molecule has 0 spiro atoms. The molecule has 0 bridgehead atoms. The first-order valence-electron chi connectivity index (χ1n) is 6.40. The monoisotopic (exact) mass is 248 g/mol. The maximum Gasteiger partial charge on any atom is 0.230 e. The number of amides is 1. The Morgan fingerprint density at radius 2 is 2.17 bits per heavy atom. The van der Waals surface area contributed by atoms with Gasteiger partial charge in [-0.2, -0.15) is 0 Å². The number of hydrogen-bond donors (Lipinski definition) is 2. The van der Waals surface area contributed by atoms with Gasteiger partial charge in [0.15, 0.2) is 0 Å². The first-order chi connectivity index (χ1) is 8.66. The summed E-state index contributed by atoms with van der Waals surface area (Å²) in [5, 5.41) is 6.02. The number of carbonyl (C=O) groups excluding carboxylic acids is 1. The molecule has 0 atom stereocenters. The van der Waals surface area contributed by atoms with Gasteiger partial charge in [-0.05, 0) is 18.1 Å². The van der Waals surface area contributed by atoms with Crippen LogP contribution in [0.2, 0.25) is 0 Å². The molecule has 1 aliphatic heterocycles. The van der Waals surface area contributed by atoms with E-state index in [0.717, 1.165) is 24.5 Å². The Kier molecular flexibility index (Phi) is 4.20. The number of ether oxygens (including phenoxy) is 1.